The molecule has 0 saturated carbocycles. The first-order chi connectivity index (χ1) is 16.0. The van der Waals surface area contributed by atoms with Crippen LogP contribution in [0.15, 0.2) is 83.3 Å². The van der Waals surface area contributed by atoms with E-state index in [2.05, 4.69) is 5.32 Å². The number of ether oxygens (including phenoxy) is 1. The lowest BCUT2D eigenvalue weighted by Gasteiger charge is -2.17. The van der Waals surface area contributed by atoms with Gasteiger partial charge in [0.2, 0.25) is 10.0 Å². The fourth-order valence-corrected chi connectivity index (χ4v) is 5.51. The van der Waals surface area contributed by atoms with E-state index >= 15 is 0 Å². The second-order valence-electron chi connectivity index (χ2n) is 7.75. The molecule has 7 nitrogen and oxygen atoms in total. The highest BCUT2D eigenvalue weighted by Crippen LogP contribution is 2.30. The van der Waals surface area contributed by atoms with Gasteiger partial charge >= 0.3 is 0 Å². The molecule has 33 heavy (non-hydrogen) atoms. The third-order valence-electron chi connectivity index (χ3n) is 5.52. The van der Waals surface area contributed by atoms with Crippen LogP contribution in [0.2, 0.25) is 0 Å². The Labute approximate surface area is 191 Å². The molecule has 1 aromatic heterocycles. The van der Waals surface area contributed by atoms with Crippen LogP contribution < -0.4 is 14.4 Å². The molecule has 1 N–H and O–H groups in total. The van der Waals surface area contributed by atoms with Gasteiger partial charge in [0.15, 0.2) is 5.76 Å². The summed E-state index contributed by atoms with van der Waals surface area (Å²) < 4.78 is 37.7. The van der Waals surface area contributed by atoms with E-state index in [-0.39, 0.29) is 18.1 Å². The Hall–Kier alpha value is -3.78. The summed E-state index contributed by atoms with van der Waals surface area (Å²) in [5.74, 6) is 0.548. The molecule has 2 heterocycles. The number of amides is 1. The third-order valence-corrected chi connectivity index (χ3v) is 7.39. The van der Waals surface area contributed by atoms with Crippen molar-refractivity contribution in [2.75, 3.05) is 21.9 Å². The molecule has 5 rings (SSSR count). The van der Waals surface area contributed by atoms with Crippen LogP contribution in [0.5, 0.6) is 5.75 Å². The number of para-hydroxylation sites is 2. The fraction of sp³-hybridized carbons (Fsp3) is 0.160. The Balaban J connectivity index is 1.42. The van der Waals surface area contributed by atoms with E-state index in [4.69, 9.17) is 9.15 Å². The lowest BCUT2D eigenvalue weighted by atomic mass is 10.1. The van der Waals surface area contributed by atoms with Crippen molar-refractivity contribution in [3.05, 3.63) is 90.2 Å². The van der Waals surface area contributed by atoms with Gasteiger partial charge in [-0.1, -0.05) is 42.5 Å². The summed E-state index contributed by atoms with van der Waals surface area (Å²) in [6.07, 6.45) is 0.586. The molecule has 3 aromatic carbocycles. The highest BCUT2D eigenvalue weighted by molar-refractivity contribution is 7.93. The Kier molecular flexibility index (Phi) is 5.51. The predicted octanol–water partition coefficient (Wildman–Crippen LogP) is 4.80. The molecular weight excluding hydrogens is 440 g/mol. The number of hydrogen-bond acceptors (Lipinski definition) is 5. The number of hydrogen-bond donors (Lipinski definition) is 1. The molecule has 4 aromatic rings. The smallest absolute Gasteiger partial charge is 0.291 e. The number of nitrogens with zero attached hydrogens (tertiary/aromatic N) is 1. The summed E-state index contributed by atoms with van der Waals surface area (Å²) in [6.45, 7) is 0.597. The zero-order chi connectivity index (χ0) is 22.8. The molecule has 1 aliphatic rings. The van der Waals surface area contributed by atoms with Gasteiger partial charge in [-0.05, 0) is 42.8 Å². The minimum absolute atomic E-state index is 0.132. The first-order valence-corrected chi connectivity index (χ1v) is 12.2. The molecule has 0 radical (unpaired) electrons. The quantitative estimate of drug-likeness (QED) is 0.444. The van der Waals surface area contributed by atoms with Gasteiger partial charge in [0.1, 0.15) is 17.9 Å². The topological polar surface area (TPSA) is 88.9 Å². The second kappa shape index (κ2) is 8.63. The molecular formula is C25H22N2O5S. The summed E-state index contributed by atoms with van der Waals surface area (Å²) in [4.78, 5) is 13.2. The Bertz CT molecular complexity index is 1410. The average Bonchev–Trinajstić information content (AvgIpc) is 3.38. The van der Waals surface area contributed by atoms with Crippen LogP contribution in [0.4, 0.5) is 11.4 Å². The van der Waals surface area contributed by atoms with Crippen molar-refractivity contribution in [1.29, 1.82) is 0 Å². The lowest BCUT2D eigenvalue weighted by molar-refractivity contribution is 0.0995. The van der Waals surface area contributed by atoms with Gasteiger partial charge in [-0.2, -0.15) is 0 Å². The molecule has 0 aliphatic carbocycles. The van der Waals surface area contributed by atoms with Crippen molar-refractivity contribution in [1.82, 2.24) is 0 Å². The monoisotopic (exact) mass is 462 g/mol. The van der Waals surface area contributed by atoms with Crippen LogP contribution in [0.25, 0.3) is 11.0 Å². The standard InChI is InChI=1S/C25H22N2O5S/c28-25(26-18-8-6-9-19(16-18)27-14-7-15-33(27,29)30)24-22(17-31-20-10-2-1-3-11-20)21-12-4-5-13-23(21)32-24/h1-6,8-13,16H,7,14-15,17H2,(H,26,28). The molecule has 0 unspecified atom stereocenters. The van der Waals surface area contributed by atoms with Crippen LogP contribution in [-0.2, 0) is 16.6 Å². The maximum Gasteiger partial charge on any atom is 0.291 e. The lowest BCUT2D eigenvalue weighted by Crippen LogP contribution is -2.25. The van der Waals surface area contributed by atoms with Gasteiger partial charge < -0.3 is 14.5 Å². The summed E-state index contributed by atoms with van der Waals surface area (Å²) in [5.41, 5.74) is 2.24. The molecule has 0 bridgehead atoms. The van der Waals surface area contributed by atoms with E-state index in [0.29, 0.717) is 41.2 Å². The van der Waals surface area contributed by atoms with Crippen LogP contribution in [0, 0.1) is 0 Å². The number of furan rings is 1. The molecule has 0 spiro atoms. The number of sulfonamides is 1. The maximum atomic E-state index is 13.2. The normalized spacial score (nSPS) is 15.0. The van der Waals surface area contributed by atoms with Crippen molar-refractivity contribution < 1.29 is 22.4 Å². The summed E-state index contributed by atoms with van der Waals surface area (Å²) in [7, 11) is -3.31. The van der Waals surface area contributed by atoms with Crippen LogP contribution in [-0.4, -0.2) is 26.6 Å². The summed E-state index contributed by atoms with van der Waals surface area (Å²) in [5, 5.41) is 3.64. The number of anilines is 2. The SMILES string of the molecule is O=C(Nc1cccc(N2CCCS2(=O)=O)c1)c1oc2ccccc2c1COc1ccccc1. The van der Waals surface area contributed by atoms with Crippen molar-refractivity contribution in [2.45, 2.75) is 13.0 Å². The van der Waals surface area contributed by atoms with E-state index in [1.54, 1.807) is 30.3 Å². The van der Waals surface area contributed by atoms with E-state index in [9.17, 15) is 13.2 Å². The zero-order valence-electron chi connectivity index (χ0n) is 17.7. The van der Waals surface area contributed by atoms with Crippen LogP contribution in [0.1, 0.15) is 22.5 Å². The maximum absolute atomic E-state index is 13.2. The van der Waals surface area contributed by atoms with Gasteiger partial charge in [-0.3, -0.25) is 9.10 Å². The first kappa shape index (κ1) is 21.1. The molecule has 1 fully saturated rings. The van der Waals surface area contributed by atoms with Gasteiger partial charge in [0, 0.05) is 23.2 Å². The number of carbonyl (C=O) groups excluding carboxylic acids is 1. The van der Waals surface area contributed by atoms with Crippen molar-refractivity contribution in [3.8, 4) is 5.75 Å². The molecule has 0 atom stereocenters. The fourth-order valence-electron chi connectivity index (χ4n) is 3.95. The molecule has 168 valence electrons. The van der Waals surface area contributed by atoms with E-state index in [1.807, 2.05) is 48.5 Å². The van der Waals surface area contributed by atoms with Gasteiger partial charge in [0.05, 0.1) is 11.4 Å². The molecule has 1 aliphatic heterocycles. The average molecular weight is 463 g/mol. The van der Waals surface area contributed by atoms with Crippen LogP contribution >= 0.6 is 0 Å². The second-order valence-corrected chi connectivity index (χ2v) is 9.77. The Morgan fingerprint density at radius 3 is 2.58 bits per heavy atom. The Morgan fingerprint density at radius 1 is 1.00 bits per heavy atom. The minimum atomic E-state index is -3.31. The number of rotatable bonds is 6. The van der Waals surface area contributed by atoms with E-state index in [1.165, 1.54) is 4.31 Å². The summed E-state index contributed by atoms with van der Waals surface area (Å²) >= 11 is 0. The highest BCUT2D eigenvalue weighted by Gasteiger charge is 2.28. The summed E-state index contributed by atoms with van der Waals surface area (Å²) in [6, 6.07) is 23.6. The molecule has 8 heteroatoms. The first-order valence-electron chi connectivity index (χ1n) is 10.6. The largest absolute Gasteiger partial charge is 0.489 e. The van der Waals surface area contributed by atoms with Crippen molar-refractivity contribution in [2.24, 2.45) is 0 Å². The van der Waals surface area contributed by atoms with E-state index < -0.39 is 15.9 Å². The zero-order valence-corrected chi connectivity index (χ0v) is 18.5. The number of fused-ring (bicyclic) bond motifs is 1. The van der Waals surface area contributed by atoms with Crippen LogP contribution in [0.3, 0.4) is 0 Å². The predicted molar refractivity (Wildman–Crippen MR) is 127 cm³/mol. The van der Waals surface area contributed by atoms with Gasteiger partial charge in [-0.15, -0.1) is 0 Å². The number of benzene rings is 3. The molecule has 1 amide bonds. The highest BCUT2D eigenvalue weighted by atomic mass is 32.2. The third kappa shape index (κ3) is 4.29. The molecule has 1 saturated heterocycles. The number of nitrogens with one attached hydrogen (secondary N) is 1. The van der Waals surface area contributed by atoms with Crippen molar-refractivity contribution in [3.63, 3.8) is 0 Å². The minimum Gasteiger partial charge on any atom is -0.489 e. The van der Waals surface area contributed by atoms with Crippen molar-refractivity contribution >= 4 is 38.3 Å². The Morgan fingerprint density at radius 2 is 1.79 bits per heavy atom. The van der Waals surface area contributed by atoms with E-state index in [0.717, 1.165) is 5.39 Å². The van der Waals surface area contributed by atoms with Gasteiger partial charge in [0.25, 0.3) is 5.91 Å². The number of carbonyl (C=O) groups is 1. The van der Waals surface area contributed by atoms with Gasteiger partial charge in [-0.25, -0.2) is 8.42 Å².